The van der Waals surface area contributed by atoms with Gasteiger partial charge in [0.15, 0.2) is 0 Å². The summed E-state index contributed by atoms with van der Waals surface area (Å²) in [7, 11) is 1.53. The van der Waals surface area contributed by atoms with Crippen LogP contribution in [-0.4, -0.2) is 30.0 Å². The molecule has 3 N–H and O–H groups in total. The Balaban J connectivity index is 1.90. The minimum Gasteiger partial charge on any atom is -0.495 e. The van der Waals surface area contributed by atoms with Gasteiger partial charge in [-0.1, -0.05) is 31.2 Å². The van der Waals surface area contributed by atoms with Crippen LogP contribution >= 0.6 is 11.3 Å². The zero-order valence-corrected chi connectivity index (χ0v) is 18.5. The molecule has 8 heteroatoms. The first kappa shape index (κ1) is 22.6. The van der Waals surface area contributed by atoms with Gasteiger partial charge in [0.1, 0.15) is 10.8 Å². The number of aryl methyl sites for hydroxylation is 1. The van der Waals surface area contributed by atoms with Crippen molar-refractivity contribution in [3.8, 4) is 5.75 Å². The van der Waals surface area contributed by atoms with Gasteiger partial charge >= 0.3 is 5.97 Å². The number of anilines is 2. The minimum absolute atomic E-state index is 0.318. The largest absolute Gasteiger partial charge is 0.495 e. The second-order valence-corrected chi connectivity index (χ2v) is 8.56. The lowest BCUT2D eigenvalue weighted by molar-refractivity contribution is -0.146. The van der Waals surface area contributed by atoms with Gasteiger partial charge in [-0.3, -0.25) is 14.4 Å². The molecule has 164 valence electrons. The number of carboxylic acids is 1. The van der Waals surface area contributed by atoms with E-state index in [0.29, 0.717) is 41.3 Å². The number of allylic oxidation sites excluding steroid dienone is 2. The maximum absolute atomic E-state index is 13.2. The average Bonchev–Trinajstić information content (AvgIpc) is 3.08. The monoisotopic (exact) mass is 442 g/mol. The summed E-state index contributed by atoms with van der Waals surface area (Å²) in [6, 6.07) is 7.10. The van der Waals surface area contributed by atoms with Gasteiger partial charge in [0.25, 0.3) is 5.91 Å². The predicted octanol–water partition coefficient (Wildman–Crippen LogP) is 4.49. The molecule has 0 unspecified atom stereocenters. The van der Waals surface area contributed by atoms with E-state index in [1.54, 1.807) is 24.3 Å². The van der Waals surface area contributed by atoms with Crippen LogP contribution in [-0.2, 0) is 16.0 Å². The molecule has 1 aromatic carbocycles. The fourth-order valence-electron chi connectivity index (χ4n) is 3.85. The first-order valence-corrected chi connectivity index (χ1v) is 10.9. The van der Waals surface area contributed by atoms with Crippen LogP contribution in [0.4, 0.5) is 10.7 Å². The number of hydrogen-bond acceptors (Lipinski definition) is 5. The number of thiophene rings is 1. The number of rotatable bonds is 7. The third kappa shape index (κ3) is 4.80. The fraction of sp³-hybridized carbons (Fsp3) is 0.348. The molecule has 0 saturated carbocycles. The van der Waals surface area contributed by atoms with Crippen LogP contribution in [0.25, 0.3) is 0 Å². The SMILES string of the molecule is CCc1c(C)sc(NC(=O)[C@@H]2CC=CC[C@H]2C(=O)O)c1C(=O)Nc1ccccc1OC. The number of para-hydroxylation sites is 2. The molecule has 7 nitrogen and oxygen atoms in total. The van der Waals surface area contributed by atoms with E-state index in [2.05, 4.69) is 10.6 Å². The lowest BCUT2D eigenvalue weighted by atomic mass is 9.82. The fourth-order valence-corrected chi connectivity index (χ4v) is 4.99. The summed E-state index contributed by atoms with van der Waals surface area (Å²) in [6.07, 6.45) is 4.92. The van der Waals surface area contributed by atoms with Crippen molar-refractivity contribution >= 4 is 39.8 Å². The Bertz CT molecular complexity index is 1030. The van der Waals surface area contributed by atoms with Gasteiger partial charge in [-0.2, -0.15) is 0 Å². The van der Waals surface area contributed by atoms with Crippen molar-refractivity contribution in [3.63, 3.8) is 0 Å². The van der Waals surface area contributed by atoms with E-state index in [9.17, 15) is 19.5 Å². The molecule has 2 amide bonds. The van der Waals surface area contributed by atoms with E-state index in [1.165, 1.54) is 18.4 Å². The molecule has 0 fully saturated rings. The second kappa shape index (κ2) is 9.78. The molecule has 1 aromatic heterocycles. The number of carbonyl (C=O) groups is 3. The molecule has 2 aromatic rings. The van der Waals surface area contributed by atoms with E-state index in [4.69, 9.17) is 4.74 Å². The zero-order valence-electron chi connectivity index (χ0n) is 17.7. The summed E-state index contributed by atoms with van der Waals surface area (Å²) in [6.45, 7) is 3.86. The predicted molar refractivity (Wildman–Crippen MR) is 121 cm³/mol. The van der Waals surface area contributed by atoms with E-state index >= 15 is 0 Å². The molecule has 3 rings (SSSR count). The zero-order chi connectivity index (χ0) is 22.5. The van der Waals surface area contributed by atoms with Crippen molar-refractivity contribution in [1.29, 1.82) is 0 Å². The van der Waals surface area contributed by atoms with Crippen LogP contribution in [0.3, 0.4) is 0 Å². The highest BCUT2D eigenvalue weighted by Gasteiger charge is 2.35. The van der Waals surface area contributed by atoms with Gasteiger partial charge in [0, 0.05) is 4.88 Å². The van der Waals surface area contributed by atoms with Crippen molar-refractivity contribution in [3.05, 3.63) is 52.4 Å². The van der Waals surface area contributed by atoms with E-state index in [0.717, 1.165) is 10.4 Å². The number of benzene rings is 1. The summed E-state index contributed by atoms with van der Waals surface area (Å²) in [5.74, 6) is -2.64. The summed E-state index contributed by atoms with van der Waals surface area (Å²) in [5.41, 5.74) is 1.79. The molecule has 31 heavy (non-hydrogen) atoms. The average molecular weight is 443 g/mol. The Morgan fingerprint density at radius 3 is 2.45 bits per heavy atom. The van der Waals surface area contributed by atoms with Gasteiger partial charge in [-0.15, -0.1) is 11.3 Å². The Hall–Kier alpha value is -3.13. The first-order valence-electron chi connectivity index (χ1n) is 10.1. The highest BCUT2D eigenvalue weighted by molar-refractivity contribution is 7.16. The van der Waals surface area contributed by atoms with Crippen LogP contribution in [0.15, 0.2) is 36.4 Å². The van der Waals surface area contributed by atoms with Gasteiger partial charge in [-0.25, -0.2) is 0 Å². The summed E-state index contributed by atoms with van der Waals surface area (Å²) in [5, 5.41) is 15.6. The molecule has 0 saturated heterocycles. The number of amides is 2. The van der Waals surface area contributed by atoms with Crippen molar-refractivity contribution in [2.75, 3.05) is 17.7 Å². The Labute approximate surface area is 185 Å². The van der Waals surface area contributed by atoms with Gasteiger partial charge in [0.05, 0.1) is 30.2 Å². The lowest BCUT2D eigenvalue weighted by Gasteiger charge is -2.24. The van der Waals surface area contributed by atoms with E-state index in [-0.39, 0.29) is 11.8 Å². The molecule has 0 spiro atoms. The van der Waals surface area contributed by atoms with Crippen LogP contribution in [0.1, 0.15) is 40.6 Å². The molecule has 0 aliphatic heterocycles. The van der Waals surface area contributed by atoms with Crippen LogP contribution in [0.5, 0.6) is 5.75 Å². The number of hydrogen-bond donors (Lipinski definition) is 3. The Kier molecular flexibility index (Phi) is 7.12. The van der Waals surface area contributed by atoms with Gasteiger partial charge in [0.2, 0.25) is 5.91 Å². The van der Waals surface area contributed by atoms with Crippen LogP contribution in [0, 0.1) is 18.8 Å². The van der Waals surface area contributed by atoms with Crippen molar-refractivity contribution < 1.29 is 24.2 Å². The van der Waals surface area contributed by atoms with Gasteiger partial charge in [-0.05, 0) is 43.9 Å². The van der Waals surface area contributed by atoms with Crippen molar-refractivity contribution in [1.82, 2.24) is 0 Å². The standard InChI is InChI=1S/C23H26N2O5S/c1-4-14-13(2)31-22(25-20(26)15-9-5-6-10-16(15)23(28)29)19(14)21(27)24-17-11-7-8-12-18(17)30-3/h5-8,11-12,15-16H,4,9-10H2,1-3H3,(H,24,27)(H,25,26)(H,28,29)/t15-,16-/m1/s1. The maximum Gasteiger partial charge on any atom is 0.307 e. The quantitative estimate of drug-likeness (QED) is 0.548. The molecule has 1 heterocycles. The maximum atomic E-state index is 13.2. The van der Waals surface area contributed by atoms with Crippen LogP contribution < -0.4 is 15.4 Å². The normalized spacial score (nSPS) is 17.8. The molecule has 2 atom stereocenters. The molecular weight excluding hydrogens is 416 g/mol. The number of carboxylic acid groups (broad SMARTS) is 1. The molecule has 0 radical (unpaired) electrons. The van der Waals surface area contributed by atoms with E-state index in [1.807, 2.05) is 26.0 Å². The first-order chi connectivity index (χ1) is 14.9. The highest BCUT2D eigenvalue weighted by Crippen LogP contribution is 2.36. The Morgan fingerprint density at radius 2 is 1.81 bits per heavy atom. The topological polar surface area (TPSA) is 105 Å². The number of ether oxygens (including phenoxy) is 1. The summed E-state index contributed by atoms with van der Waals surface area (Å²) < 4.78 is 5.31. The number of carbonyl (C=O) groups excluding carboxylic acids is 2. The third-order valence-corrected chi connectivity index (χ3v) is 6.53. The molecule has 1 aliphatic rings. The summed E-state index contributed by atoms with van der Waals surface area (Å²) in [4.78, 5) is 38.7. The summed E-state index contributed by atoms with van der Waals surface area (Å²) >= 11 is 1.33. The highest BCUT2D eigenvalue weighted by atomic mass is 32.1. The van der Waals surface area contributed by atoms with E-state index < -0.39 is 17.8 Å². The van der Waals surface area contributed by atoms with Crippen LogP contribution in [0.2, 0.25) is 0 Å². The second-order valence-electron chi connectivity index (χ2n) is 7.33. The third-order valence-electron chi connectivity index (χ3n) is 5.47. The molecule has 0 bridgehead atoms. The molecular formula is C23H26N2O5S. The molecule has 1 aliphatic carbocycles. The number of aliphatic carboxylic acids is 1. The Morgan fingerprint density at radius 1 is 1.13 bits per heavy atom. The number of methoxy groups -OCH3 is 1. The van der Waals surface area contributed by atoms with Gasteiger partial charge < -0.3 is 20.5 Å². The smallest absolute Gasteiger partial charge is 0.307 e. The lowest BCUT2D eigenvalue weighted by Crippen LogP contribution is -2.35. The van der Waals surface area contributed by atoms with Crippen molar-refractivity contribution in [2.45, 2.75) is 33.1 Å². The minimum atomic E-state index is -0.991. The van der Waals surface area contributed by atoms with Crippen molar-refractivity contribution in [2.24, 2.45) is 11.8 Å². The number of nitrogens with one attached hydrogen (secondary N) is 2.